The molecule has 0 N–H and O–H groups in total. The molecular formula is C19H25N3O2S. The highest BCUT2D eigenvalue weighted by molar-refractivity contribution is 7.07. The van der Waals surface area contributed by atoms with Gasteiger partial charge in [-0.05, 0) is 46.7 Å². The average Bonchev–Trinajstić information content (AvgIpc) is 3.15. The van der Waals surface area contributed by atoms with E-state index in [1.807, 2.05) is 29.5 Å². The zero-order valence-corrected chi connectivity index (χ0v) is 15.7. The Balaban J connectivity index is 1.46. The number of benzene rings is 1. The zero-order chi connectivity index (χ0) is 17.6. The lowest BCUT2D eigenvalue weighted by Crippen LogP contribution is -2.49. The topological polar surface area (TPSA) is 36.0 Å². The van der Waals surface area contributed by atoms with Gasteiger partial charge in [-0.15, -0.1) is 0 Å². The van der Waals surface area contributed by atoms with Gasteiger partial charge in [-0.3, -0.25) is 9.69 Å². The summed E-state index contributed by atoms with van der Waals surface area (Å²) in [6, 6.07) is 10.2. The Kier molecular flexibility index (Phi) is 5.94. The van der Waals surface area contributed by atoms with Crippen LogP contribution < -0.4 is 9.64 Å². The summed E-state index contributed by atoms with van der Waals surface area (Å²) in [6.07, 6.45) is 0. The highest BCUT2D eigenvalue weighted by atomic mass is 32.1. The number of anilines is 1. The fourth-order valence-corrected chi connectivity index (χ4v) is 3.67. The van der Waals surface area contributed by atoms with Crippen molar-refractivity contribution in [2.45, 2.75) is 6.54 Å². The molecule has 1 saturated heterocycles. The molecule has 0 saturated carbocycles. The molecule has 1 amide bonds. The van der Waals surface area contributed by atoms with Gasteiger partial charge in [0.1, 0.15) is 5.75 Å². The summed E-state index contributed by atoms with van der Waals surface area (Å²) in [6.45, 7) is 4.88. The number of nitrogens with zero attached hydrogens (tertiary/aromatic N) is 3. The molecule has 134 valence electrons. The highest BCUT2D eigenvalue weighted by Crippen LogP contribution is 2.20. The van der Waals surface area contributed by atoms with E-state index in [4.69, 9.17) is 4.74 Å². The second-order valence-electron chi connectivity index (χ2n) is 6.34. The molecule has 1 fully saturated rings. The maximum atomic E-state index is 12.4. The van der Waals surface area contributed by atoms with Crippen molar-refractivity contribution >= 4 is 22.9 Å². The number of thiophene rings is 1. The Morgan fingerprint density at radius 3 is 2.48 bits per heavy atom. The summed E-state index contributed by atoms with van der Waals surface area (Å²) in [5.74, 6) is 1.06. The van der Waals surface area contributed by atoms with E-state index < -0.39 is 0 Å². The van der Waals surface area contributed by atoms with Crippen LogP contribution in [0.5, 0.6) is 5.75 Å². The van der Waals surface area contributed by atoms with Gasteiger partial charge in [0, 0.05) is 45.5 Å². The van der Waals surface area contributed by atoms with Gasteiger partial charge in [0.2, 0.25) is 5.91 Å². The Hall–Kier alpha value is -2.05. The van der Waals surface area contributed by atoms with Gasteiger partial charge in [-0.2, -0.15) is 11.3 Å². The molecule has 25 heavy (non-hydrogen) atoms. The number of likely N-dealkylation sites (N-methyl/N-ethyl adjacent to an activating group) is 1. The smallest absolute Gasteiger partial charge is 0.236 e. The number of carbonyl (C=O) groups excluding carboxylic acids is 1. The minimum atomic E-state index is 0.184. The van der Waals surface area contributed by atoms with Crippen molar-refractivity contribution in [2.24, 2.45) is 0 Å². The molecule has 0 bridgehead atoms. The number of amides is 1. The summed E-state index contributed by atoms with van der Waals surface area (Å²) in [5.41, 5.74) is 2.41. The predicted molar refractivity (Wildman–Crippen MR) is 102 cm³/mol. The molecular weight excluding hydrogens is 334 g/mol. The van der Waals surface area contributed by atoms with Crippen molar-refractivity contribution in [1.29, 1.82) is 0 Å². The predicted octanol–water partition coefficient (Wildman–Crippen LogP) is 2.54. The molecule has 5 nitrogen and oxygen atoms in total. The Morgan fingerprint density at radius 2 is 1.88 bits per heavy atom. The first kappa shape index (κ1) is 17.8. The Bertz CT molecular complexity index is 664. The maximum absolute atomic E-state index is 12.4. The van der Waals surface area contributed by atoms with Crippen LogP contribution in [0.4, 0.5) is 5.69 Å². The lowest BCUT2D eigenvalue weighted by atomic mass is 10.2. The van der Waals surface area contributed by atoms with Gasteiger partial charge < -0.3 is 14.5 Å². The number of ether oxygens (including phenoxy) is 1. The summed E-state index contributed by atoms with van der Waals surface area (Å²) in [4.78, 5) is 18.8. The van der Waals surface area contributed by atoms with Crippen molar-refractivity contribution < 1.29 is 9.53 Å². The van der Waals surface area contributed by atoms with Gasteiger partial charge in [0.25, 0.3) is 0 Å². The Morgan fingerprint density at radius 1 is 1.16 bits per heavy atom. The van der Waals surface area contributed by atoms with Crippen molar-refractivity contribution in [3.05, 3.63) is 46.7 Å². The number of methoxy groups -OCH3 is 1. The molecule has 2 aromatic rings. The van der Waals surface area contributed by atoms with Gasteiger partial charge >= 0.3 is 0 Å². The van der Waals surface area contributed by atoms with Crippen LogP contribution in [0, 0.1) is 0 Å². The first-order valence-electron chi connectivity index (χ1n) is 8.52. The number of rotatable bonds is 6. The third-order valence-electron chi connectivity index (χ3n) is 4.59. The molecule has 2 heterocycles. The normalized spacial score (nSPS) is 15.2. The lowest BCUT2D eigenvalue weighted by molar-refractivity contribution is -0.131. The molecule has 0 unspecified atom stereocenters. The van der Waals surface area contributed by atoms with Gasteiger partial charge in [0.05, 0.1) is 13.7 Å². The van der Waals surface area contributed by atoms with Crippen LogP contribution in [0.1, 0.15) is 5.56 Å². The number of hydrogen-bond donors (Lipinski definition) is 0. The van der Waals surface area contributed by atoms with Crippen LogP contribution >= 0.6 is 11.3 Å². The van der Waals surface area contributed by atoms with E-state index in [9.17, 15) is 4.79 Å². The van der Waals surface area contributed by atoms with Crippen LogP contribution in [0.15, 0.2) is 41.1 Å². The molecule has 3 rings (SSSR count). The second kappa shape index (κ2) is 8.36. The molecule has 1 aliphatic rings. The fourth-order valence-electron chi connectivity index (χ4n) is 3.01. The van der Waals surface area contributed by atoms with E-state index in [-0.39, 0.29) is 5.91 Å². The van der Waals surface area contributed by atoms with Gasteiger partial charge in [0.15, 0.2) is 0 Å². The summed E-state index contributed by atoms with van der Waals surface area (Å²) >= 11 is 1.67. The molecule has 1 aromatic carbocycles. The third kappa shape index (κ3) is 4.74. The van der Waals surface area contributed by atoms with E-state index in [0.717, 1.165) is 31.9 Å². The van der Waals surface area contributed by atoms with Gasteiger partial charge in [-0.25, -0.2) is 0 Å². The average molecular weight is 359 g/mol. The van der Waals surface area contributed by atoms with Crippen molar-refractivity contribution in [1.82, 2.24) is 9.80 Å². The summed E-state index contributed by atoms with van der Waals surface area (Å²) < 4.78 is 5.21. The third-order valence-corrected chi connectivity index (χ3v) is 5.33. The molecule has 1 aromatic heterocycles. The maximum Gasteiger partial charge on any atom is 0.236 e. The van der Waals surface area contributed by atoms with Crippen LogP contribution in [0.3, 0.4) is 0 Å². The first-order chi connectivity index (χ1) is 12.2. The number of carbonyl (C=O) groups is 1. The SMILES string of the molecule is COc1ccc(N2CCN(CC(=O)N(C)Cc3ccsc3)CC2)cc1. The van der Waals surface area contributed by atoms with E-state index >= 15 is 0 Å². The minimum absolute atomic E-state index is 0.184. The second-order valence-corrected chi connectivity index (χ2v) is 7.12. The molecule has 1 aliphatic heterocycles. The number of piperazine rings is 1. The molecule has 0 radical (unpaired) electrons. The van der Waals surface area contributed by atoms with Crippen LogP contribution in [-0.2, 0) is 11.3 Å². The van der Waals surface area contributed by atoms with Crippen molar-refractivity contribution in [3.8, 4) is 5.75 Å². The van der Waals surface area contributed by atoms with Crippen LogP contribution in [-0.4, -0.2) is 62.6 Å². The van der Waals surface area contributed by atoms with E-state index in [2.05, 4.69) is 33.4 Å². The number of hydrogen-bond acceptors (Lipinski definition) is 5. The standard InChI is InChI=1S/C19H25N3O2S/c1-20(13-16-7-12-25-15-16)19(23)14-21-8-10-22(11-9-21)17-3-5-18(24-2)6-4-17/h3-7,12,15H,8-11,13-14H2,1-2H3. The Labute approximate surface area is 153 Å². The molecule has 0 atom stereocenters. The van der Waals surface area contributed by atoms with Crippen LogP contribution in [0.25, 0.3) is 0 Å². The van der Waals surface area contributed by atoms with E-state index in [1.54, 1.807) is 18.4 Å². The summed E-state index contributed by atoms with van der Waals surface area (Å²) in [7, 11) is 3.56. The molecule has 0 aliphatic carbocycles. The van der Waals surface area contributed by atoms with Gasteiger partial charge in [-0.1, -0.05) is 0 Å². The zero-order valence-electron chi connectivity index (χ0n) is 14.9. The highest BCUT2D eigenvalue weighted by Gasteiger charge is 2.20. The van der Waals surface area contributed by atoms with E-state index in [1.165, 1.54) is 11.3 Å². The molecule has 6 heteroatoms. The monoisotopic (exact) mass is 359 g/mol. The summed E-state index contributed by atoms with van der Waals surface area (Å²) in [5, 5.41) is 4.14. The first-order valence-corrected chi connectivity index (χ1v) is 9.46. The van der Waals surface area contributed by atoms with Crippen molar-refractivity contribution in [3.63, 3.8) is 0 Å². The lowest BCUT2D eigenvalue weighted by Gasteiger charge is -2.36. The molecule has 0 spiro atoms. The van der Waals surface area contributed by atoms with Crippen LogP contribution in [0.2, 0.25) is 0 Å². The largest absolute Gasteiger partial charge is 0.497 e. The minimum Gasteiger partial charge on any atom is -0.497 e. The quantitative estimate of drug-likeness (QED) is 0.794. The van der Waals surface area contributed by atoms with Crippen molar-refractivity contribution in [2.75, 3.05) is 51.8 Å². The van der Waals surface area contributed by atoms with E-state index in [0.29, 0.717) is 13.1 Å². The fraction of sp³-hybridized carbons (Fsp3) is 0.421.